The minimum Gasteiger partial charge on any atom is -0.372 e. The largest absolute Gasteiger partial charge is 0.372 e. The van der Waals surface area contributed by atoms with Crippen molar-refractivity contribution in [3.05, 3.63) is 72.3 Å². The lowest BCUT2D eigenvalue weighted by Crippen LogP contribution is -2.21. The van der Waals surface area contributed by atoms with Gasteiger partial charge in [0.25, 0.3) is 0 Å². The molecule has 0 heterocycles. The maximum atomic E-state index is 4.59. The summed E-state index contributed by atoms with van der Waals surface area (Å²) in [4.78, 5) is 6.92. The van der Waals surface area contributed by atoms with Gasteiger partial charge in [0, 0.05) is 25.0 Å². The predicted octanol–water partition coefficient (Wildman–Crippen LogP) is 5.44. The lowest BCUT2D eigenvalue weighted by Gasteiger charge is -2.20. The molecule has 2 heteroatoms. The van der Waals surface area contributed by atoms with Gasteiger partial charge >= 0.3 is 0 Å². The molecule has 0 atom stereocenters. The lowest BCUT2D eigenvalue weighted by atomic mass is 10.1. The molecule has 3 rings (SSSR count). The average molecular weight is 302 g/mol. The Balaban J connectivity index is 1.78. The van der Waals surface area contributed by atoms with Gasteiger partial charge < -0.3 is 4.90 Å². The van der Waals surface area contributed by atoms with Crippen LogP contribution >= 0.6 is 0 Å². The number of benzene rings is 3. The van der Waals surface area contributed by atoms with Crippen molar-refractivity contribution in [2.75, 3.05) is 18.0 Å². The normalized spacial score (nSPS) is 11.2. The third-order valence-corrected chi connectivity index (χ3v) is 4.11. The Morgan fingerprint density at radius 3 is 2.22 bits per heavy atom. The third-order valence-electron chi connectivity index (χ3n) is 4.11. The van der Waals surface area contributed by atoms with Gasteiger partial charge in [0.2, 0.25) is 0 Å². The van der Waals surface area contributed by atoms with Crippen LogP contribution in [0.5, 0.6) is 0 Å². The highest BCUT2D eigenvalue weighted by Crippen LogP contribution is 2.20. The van der Waals surface area contributed by atoms with Crippen LogP contribution in [0.1, 0.15) is 19.4 Å². The highest BCUT2D eigenvalue weighted by molar-refractivity contribution is 5.91. The van der Waals surface area contributed by atoms with Crippen molar-refractivity contribution in [1.82, 2.24) is 0 Å². The minimum absolute atomic E-state index is 0.981. The monoisotopic (exact) mass is 302 g/mol. The van der Waals surface area contributed by atoms with Crippen LogP contribution in [0.2, 0.25) is 0 Å². The Hall–Kier alpha value is -2.61. The maximum absolute atomic E-state index is 4.59. The zero-order valence-electron chi connectivity index (χ0n) is 13.7. The van der Waals surface area contributed by atoms with E-state index in [1.54, 1.807) is 0 Å². The summed E-state index contributed by atoms with van der Waals surface area (Å²) in [7, 11) is 0. The highest BCUT2D eigenvalue weighted by Gasteiger charge is 2.00. The van der Waals surface area contributed by atoms with Crippen molar-refractivity contribution < 1.29 is 0 Å². The first-order chi connectivity index (χ1) is 11.3. The van der Waals surface area contributed by atoms with Gasteiger partial charge in [-0.2, -0.15) is 0 Å². The van der Waals surface area contributed by atoms with Gasteiger partial charge in [0.1, 0.15) is 0 Å². The zero-order valence-corrected chi connectivity index (χ0v) is 13.7. The third kappa shape index (κ3) is 3.59. The Morgan fingerprint density at radius 2 is 1.52 bits per heavy atom. The molecule has 0 saturated heterocycles. The highest BCUT2D eigenvalue weighted by atomic mass is 15.1. The van der Waals surface area contributed by atoms with Crippen molar-refractivity contribution in [3.8, 4) is 0 Å². The summed E-state index contributed by atoms with van der Waals surface area (Å²) in [5.41, 5.74) is 3.35. The van der Waals surface area contributed by atoms with Crippen LogP contribution < -0.4 is 4.90 Å². The molecule has 0 amide bonds. The van der Waals surface area contributed by atoms with Crippen molar-refractivity contribution in [2.45, 2.75) is 13.8 Å². The summed E-state index contributed by atoms with van der Waals surface area (Å²) in [5, 5.41) is 2.50. The summed E-state index contributed by atoms with van der Waals surface area (Å²) >= 11 is 0. The predicted molar refractivity (Wildman–Crippen MR) is 101 cm³/mol. The molecule has 2 nitrogen and oxygen atoms in total. The molecule has 0 aliphatic carbocycles. The van der Waals surface area contributed by atoms with E-state index in [9.17, 15) is 0 Å². The van der Waals surface area contributed by atoms with Crippen LogP contribution in [0.25, 0.3) is 10.8 Å². The minimum atomic E-state index is 0.981. The van der Waals surface area contributed by atoms with E-state index in [4.69, 9.17) is 0 Å². The molecular weight excluding hydrogens is 280 g/mol. The molecule has 0 bridgehead atoms. The van der Waals surface area contributed by atoms with E-state index in [0.717, 1.165) is 24.3 Å². The molecule has 23 heavy (non-hydrogen) atoms. The fourth-order valence-corrected chi connectivity index (χ4v) is 2.78. The molecule has 0 aliphatic rings. The molecule has 0 aliphatic heterocycles. The SMILES string of the molecule is CCN(CC)c1ccc(N=Cc2ccc3ccccc3c2)cc1. The molecule has 0 N–H and O–H groups in total. The first kappa shape index (κ1) is 15.3. The Labute approximate surface area is 138 Å². The fraction of sp³-hybridized carbons (Fsp3) is 0.190. The molecule has 116 valence electrons. The number of aliphatic imine (C=N–C) groups is 1. The van der Waals surface area contributed by atoms with Gasteiger partial charge in [-0.15, -0.1) is 0 Å². The Morgan fingerprint density at radius 1 is 0.826 bits per heavy atom. The van der Waals surface area contributed by atoms with Gasteiger partial charge in [-0.25, -0.2) is 0 Å². The molecule has 0 saturated carbocycles. The smallest absolute Gasteiger partial charge is 0.0631 e. The molecule has 0 aromatic heterocycles. The first-order valence-electron chi connectivity index (χ1n) is 8.18. The second-order valence-corrected chi connectivity index (χ2v) is 5.55. The van der Waals surface area contributed by atoms with E-state index < -0.39 is 0 Å². The van der Waals surface area contributed by atoms with Crippen molar-refractivity contribution in [3.63, 3.8) is 0 Å². The van der Waals surface area contributed by atoms with Crippen molar-refractivity contribution >= 4 is 28.4 Å². The number of rotatable bonds is 5. The molecule has 0 fully saturated rings. The van der Waals surface area contributed by atoms with Crippen LogP contribution in [-0.4, -0.2) is 19.3 Å². The standard InChI is InChI=1S/C21H22N2/c1-3-23(4-2)21-13-11-20(12-14-21)22-16-17-9-10-18-7-5-6-8-19(18)15-17/h5-16H,3-4H2,1-2H3. The van der Waals surface area contributed by atoms with E-state index in [0.29, 0.717) is 0 Å². The van der Waals surface area contributed by atoms with Gasteiger partial charge in [-0.3, -0.25) is 4.99 Å². The van der Waals surface area contributed by atoms with Gasteiger partial charge in [-0.05, 0) is 60.5 Å². The Kier molecular flexibility index (Phi) is 4.72. The number of fused-ring (bicyclic) bond motifs is 1. The number of nitrogens with zero attached hydrogens (tertiary/aromatic N) is 2. The second-order valence-electron chi connectivity index (χ2n) is 5.55. The van der Waals surface area contributed by atoms with Crippen LogP contribution in [-0.2, 0) is 0 Å². The summed E-state index contributed by atoms with van der Waals surface area (Å²) in [5.74, 6) is 0. The summed E-state index contributed by atoms with van der Waals surface area (Å²) < 4.78 is 0. The summed E-state index contributed by atoms with van der Waals surface area (Å²) in [6, 6.07) is 23.2. The quantitative estimate of drug-likeness (QED) is 0.573. The number of anilines is 1. The average Bonchev–Trinajstić information content (AvgIpc) is 2.62. The van der Waals surface area contributed by atoms with Crippen LogP contribution in [0.15, 0.2) is 71.7 Å². The molecule has 0 spiro atoms. The fourth-order valence-electron chi connectivity index (χ4n) is 2.78. The molecule has 0 unspecified atom stereocenters. The number of hydrogen-bond donors (Lipinski definition) is 0. The van der Waals surface area contributed by atoms with Crippen LogP contribution in [0, 0.1) is 0 Å². The Bertz CT molecular complexity index is 799. The van der Waals surface area contributed by atoms with E-state index in [2.05, 4.69) is 90.5 Å². The van der Waals surface area contributed by atoms with Gasteiger partial charge in [-0.1, -0.05) is 36.4 Å². The molecule has 3 aromatic carbocycles. The van der Waals surface area contributed by atoms with E-state index in [1.807, 2.05) is 6.21 Å². The topological polar surface area (TPSA) is 15.6 Å². The molecule has 0 radical (unpaired) electrons. The molecular formula is C21H22N2. The van der Waals surface area contributed by atoms with E-state index >= 15 is 0 Å². The van der Waals surface area contributed by atoms with Crippen molar-refractivity contribution in [2.24, 2.45) is 4.99 Å². The molecule has 3 aromatic rings. The van der Waals surface area contributed by atoms with E-state index in [-0.39, 0.29) is 0 Å². The maximum Gasteiger partial charge on any atom is 0.0631 e. The summed E-state index contributed by atoms with van der Waals surface area (Å²) in [6.45, 7) is 6.40. The summed E-state index contributed by atoms with van der Waals surface area (Å²) in [6.07, 6.45) is 1.93. The zero-order chi connectivity index (χ0) is 16.1. The van der Waals surface area contributed by atoms with Crippen LogP contribution in [0.4, 0.5) is 11.4 Å². The van der Waals surface area contributed by atoms with Crippen LogP contribution in [0.3, 0.4) is 0 Å². The number of hydrogen-bond acceptors (Lipinski definition) is 2. The van der Waals surface area contributed by atoms with E-state index in [1.165, 1.54) is 16.5 Å². The van der Waals surface area contributed by atoms with Gasteiger partial charge in [0.15, 0.2) is 0 Å². The lowest BCUT2D eigenvalue weighted by molar-refractivity contribution is 0.866. The van der Waals surface area contributed by atoms with Gasteiger partial charge in [0.05, 0.1) is 5.69 Å². The van der Waals surface area contributed by atoms with Crippen molar-refractivity contribution in [1.29, 1.82) is 0 Å². The first-order valence-corrected chi connectivity index (χ1v) is 8.18. The second kappa shape index (κ2) is 7.10.